The molecular formula is C12H13BrN2O2. The molecule has 0 fully saturated rings. The lowest BCUT2D eigenvalue weighted by Gasteiger charge is -2.09. The summed E-state index contributed by atoms with van der Waals surface area (Å²) < 4.78 is 0.690. The number of hydrogen-bond acceptors (Lipinski definition) is 3. The standard InChI is InChI=1S/C12H13BrN2O2/c1-3-4-5-6-14-11-7-9(2)12(15(16)17)8-10(11)13/h1,7-8,14H,4-6H2,2H3. The molecule has 0 spiro atoms. The van der Waals surface area contributed by atoms with Gasteiger partial charge in [0.1, 0.15) is 0 Å². The highest BCUT2D eigenvalue weighted by molar-refractivity contribution is 9.10. The van der Waals surface area contributed by atoms with Crippen LogP contribution in [0, 0.1) is 29.4 Å². The van der Waals surface area contributed by atoms with Gasteiger partial charge in [0.15, 0.2) is 0 Å². The van der Waals surface area contributed by atoms with E-state index in [4.69, 9.17) is 6.42 Å². The second kappa shape index (κ2) is 6.26. The Hall–Kier alpha value is -1.54. The Kier molecular flexibility index (Phi) is 4.98. The molecule has 0 unspecified atom stereocenters. The molecule has 5 heteroatoms. The van der Waals surface area contributed by atoms with E-state index in [-0.39, 0.29) is 10.6 Å². The molecule has 0 bridgehead atoms. The fraction of sp³-hybridized carbons (Fsp3) is 0.333. The topological polar surface area (TPSA) is 55.2 Å². The van der Waals surface area contributed by atoms with Crippen LogP contribution in [-0.4, -0.2) is 11.5 Å². The van der Waals surface area contributed by atoms with E-state index >= 15 is 0 Å². The number of rotatable bonds is 5. The van der Waals surface area contributed by atoms with Crippen molar-refractivity contribution >= 4 is 27.3 Å². The molecule has 0 aliphatic heterocycles. The summed E-state index contributed by atoms with van der Waals surface area (Å²) in [4.78, 5) is 10.3. The molecule has 0 aromatic heterocycles. The Morgan fingerprint density at radius 3 is 2.88 bits per heavy atom. The van der Waals surface area contributed by atoms with Crippen molar-refractivity contribution in [2.45, 2.75) is 19.8 Å². The van der Waals surface area contributed by atoms with Crippen molar-refractivity contribution in [3.05, 3.63) is 32.3 Å². The Morgan fingerprint density at radius 1 is 1.59 bits per heavy atom. The fourth-order valence-corrected chi connectivity index (χ4v) is 1.89. The molecule has 1 N–H and O–H groups in total. The summed E-state index contributed by atoms with van der Waals surface area (Å²) in [7, 11) is 0. The van der Waals surface area contributed by atoms with E-state index < -0.39 is 0 Å². The number of hydrogen-bond donors (Lipinski definition) is 1. The first-order chi connectivity index (χ1) is 8.06. The molecule has 0 atom stereocenters. The van der Waals surface area contributed by atoms with Crippen LogP contribution in [0.4, 0.5) is 11.4 Å². The van der Waals surface area contributed by atoms with Gasteiger partial charge in [-0.3, -0.25) is 10.1 Å². The predicted octanol–water partition coefficient (Wildman–Crippen LogP) is 3.49. The second-order valence-corrected chi connectivity index (χ2v) is 4.46. The molecule has 1 rings (SSSR count). The van der Waals surface area contributed by atoms with Crippen LogP contribution in [0.25, 0.3) is 0 Å². The zero-order valence-electron chi connectivity index (χ0n) is 9.50. The predicted molar refractivity (Wildman–Crippen MR) is 72.1 cm³/mol. The van der Waals surface area contributed by atoms with Crippen molar-refractivity contribution < 1.29 is 4.92 Å². The van der Waals surface area contributed by atoms with Gasteiger partial charge in [-0.15, -0.1) is 12.3 Å². The molecule has 90 valence electrons. The minimum atomic E-state index is -0.387. The highest BCUT2D eigenvalue weighted by Gasteiger charge is 2.13. The number of nitrogens with zero attached hydrogens (tertiary/aromatic N) is 1. The number of unbranched alkanes of at least 4 members (excludes halogenated alkanes) is 1. The van der Waals surface area contributed by atoms with Gasteiger partial charge in [-0.05, 0) is 35.3 Å². The average molecular weight is 297 g/mol. The summed E-state index contributed by atoms with van der Waals surface area (Å²) in [6, 6.07) is 3.27. The summed E-state index contributed by atoms with van der Waals surface area (Å²) in [5.41, 5.74) is 1.61. The number of aryl methyl sites for hydroxylation is 1. The van der Waals surface area contributed by atoms with Gasteiger partial charge in [-0.25, -0.2) is 0 Å². The SMILES string of the molecule is C#CCCCNc1cc(C)c([N+](=O)[O-])cc1Br. The molecule has 0 aliphatic carbocycles. The Bertz CT molecular complexity index is 466. The molecule has 1 aromatic carbocycles. The number of nitrogens with one attached hydrogen (secondary N) is 1. The van der Waals surface area contributed by atoms with Gasteiger partial charge >= 0.3 is 0 Å². The van der Waals surface area contributed by atoms with Crippen LogP contribution in [-0.2, 0) is 0 Å². The lowest BCUT2D eigenvalue weighted by molar-refractivity contribution is -0.385. The van der Waals surface area contributed by atoms with Crippen molar-refractivity contribution in [2.75, 3.05) is 11.9 Å². The Balaban J connectivity index is 2.78. The summed E-state index contributed by atoms with van der Waals surface area (Å²) in [6.07, 6.45) is 6.75. The Labute approximate surface area is 109 Å². The second-order valence-electron chi connectivity index (χ2n) is 3.61. The van der Waals surface area contributed by atoms with Crippen molar-refractivity contribution in [1.29, 1.82) is 0 Å². The van der Waals surface area contributed by atoms with Crippen molar-refractivity contribution in [3.8, 4) is 12.3 Å². The van der Waals surface area contributed by atoms with Gasteiger partial charge in [0, 0.05) is 34.8 Å². The molecule has 0 saturated carbocycles. The quantitative estimate of drug-likeness (QED) is 0.392. The van der Waals surface area contributed by atoms with Crippen molar-refractivity contribution in [1.82, 2.24) is 0 Å². The largest absolute Gasteiger partial charge is 0.384 e. The number of anilines is 1. The molecule has 0 amide bonds. The molecule has 4 nitrogen and oxygen atoms in total. The lowest BCUT2D eigenvalue weighted by atomic mass is 10.2. The average Bonchev–Trinajstić information content (AvgIpc) is 2.28. The first kappa shape index (κ1) is 13.5. The summed E-state index contributed by atoms with van der Waals surface area (Å²) in [6.45, 7) is 2.47. The highest BCUT2D eigenvalue weighted by Crippen LogP contribution is 2.30. The molecule has 17 heavy (non-hydrogen) atoms. The van der Waals surface area contributed by atoms with Gasteiger partial charge in [-0.1, -0.05) is 0 Å². The van der Waals surface area contributed by atoms with Gasteiger partial charge in [-0.2, -0.15) is 0 Å². The number of terminal acetylenes is 1. The molecule has 0 saturated heterocycles. The van der Waals surface area contributed by atoms with Gasteiger partial charge in [0.2, 0.25) is 0 Å². The Morgan fingerprint density at radius 2 is 2.29 bits per heavy atom. The molecule has 0 radical (unpaired) electrons. The van der Waals surface area contributed by atoms with E-state index in [1.54, 1.807) is 13.0 Å². The van der Waals surface area contributed by atoms with Gasteiger partial charge in [0.05, 0.1) is 4.92 Å². The minimum absolute atomic E-state index is 0.117. The number of halogens is 1. The van der Waals surface area contributed by atoms with Crippen molar-refractivity contribution in [2.24, 2.45) is 0 Å². The van der Waals surface area contributed by atoms with Crippen LogP contribution in [0.5, 0.6) is 0 Å². The van der Waals surface area contributed by atoms with Crippen LogP contribution >= 0.6 is 15.9 Å². The van der Waals surface area contributed by atoms with Crippen LogP contribution < -0.4 is 5.32 Å². The van der Waals surface area contributed by atoms with E-state index in [0.29, 0.717) is 10.0 Å². The van der Waals surface area contributed by atoms with Crippen LogP contribution in [0.15, 0.2) is 16.6 Å². The van der Waals surface area contributed by atoms with Crippen LogP contribution in [0.1, 0.15) is 18.4 Å². The number of benzene rings is 1. The van der Waals surface area contributed by atoms with E-state index in [9.17, 15) is 10.1 Å². The van der Waals surface area contributed by atoms with E-state index in [1.807, 2.05) is 0 Å². The monoisotopic (exact) mass is 296 g/mol. The van der Waals surface area contributed by atoms with Crippen LogP contribution in [0.3, 0.4) is 0 Å². The van der Waals surface area contributed by atoms with Crippen LogP contribution in [0.2, 0.25) is 0 Å². The number of nitro groups is 1. The van der Waals surface area contributed by atoms with Gasteiger partial charge in [0.25, 0.3) is 5.69 Å². The van der Waals surface area contributed by atoms with E-state index in [2.05, 4.69) is 27.2 Å². The zero-order valence-corrected chi connectivity index (χ0v) is 11.1. The van der Waals surface area contributed by atoms with Gasteiger partial charge < -0.3 is 5.32 Å². The third-order valence-corrected chi connectivity index (χ3v) is 2.95. The normalized spacial score (nSPS) is 9.71. The summed E-state index contributed by atoms with van der Waals surface area (Å²) in [5.74, 6) is 2.56. The smallest absolute Gasteiger partial charge is 0.273 e. The van der Waals surface area contributed by atoms with E-state index in [1.165, 1.54) is 6.07 Å². The summed E-state index contributed by atoms with van der Waals surface area (Å²) >= 11 is 3.31. The lowest BCUT2D eigenvalue weighted by Crippen LogP contribution is -2.03. The fourth-order valence-electron chi connectivity index (χ4n) is 1.42. The first-order valence-corrected chi connectivity index (χ1v) is 5.97. The molecular weight excluding hydrogens is 284 g/mol. The molecule has 0 heterocycles. The molecule has 0 aliphatic rings. The first-order valence-electron chi connectivity index (χ1n) is 5.18. The minimum Gasteiger partial charge on any atom is -0.384 e. The maximum atomic E-state index is 10.7. The third-order valence-electron chi connectivity index (χ3n) is 2.30. The molecule has 1 aromatic rings. The third kappa shape index (κ3) is 3.75. The number of nitro benzene ring substituents is 1. The highest BCUT2D eigenvalue weighted by atomic mass is 79.9. The summed E-state index contributed by atoms with van der Waals surface area (Å²) in [5, 5.41) is 13.9. The van der Waals surface area contributed by atoms with Crippen molar-refractivity contribution in [3.63, 3.8) is 0 Å². The zero-order chi connectivity index (χ0) is 12.8. The maximum absolute atomic E-state index is 10.7. The maximum Gasteiger partial charge on any atom is 0.273 e. The van der Waals surface area contributed by atoms with E-state index in [0.717, 1.165) is 25.1 Å².